The number of nitrogen functional groups attached to an aromatic ring is 1. The van der Waals surface area contributed by atoms with Crippen molar-refractivity contribution in [3.63, 3.8) is 0 Å². The number of methoxy groups -OCH3 is 1. The van der Waals surface area contributed by atoms with Gasteiger partial charge in [0.2, 0.25) is 5.95 Å². The molecule has 0 spiro atoms. The Balaban J connectivity index is 2.94. The minimum Gasteiger partial charge on any atom is -0.499 e. The van der Waals surface area contributed by atoms with Gasteiger partial charge in [-0.25, -0.2) is 4.98 Å². The number of nitrogens with zero attached hydrogens (tertiary/aromatic N) is 1. The number of ether oxygens (including phenoxy) is 1. The van der Waals surface area contributed by atoms with E-state index in [0.717, 1.165) is 18.6 Å². The molecule has 0 fully saturated rings. The lowest BCUT2D eigenvalue weighted by Crippen LogP contribution is -2.46. The molecule has 1 aliphatic carbocycles. The van der Waals surface area contributed by atoms with E-state index in [4.69, 9.17) is 10.5 Å². The van der Waals surface area contributed by atoms with E-state index in [1.165, 1.54) is 0 Å². The predicted octanol–water partition coefficient (Wildman–Crippen LogP) is -1.32. The first-order chi connectivity index (χ1) is 6.72. The van der Waals surface area contributed by atoms with E-state index < -0.39 is 0 Å². The van der Waals surface area contributed by atoms with Crippen molar-refractivity contribution in [2.45, 2.75) is 12.8 Å². The fraction of sp³-hybridized carbons (Fsp3) is 0.333. The normalized spacial score (nSPS) is 14.5. The molecule has 0 bridgehead atoms. The Bertz CT molecular complexity index is 530. The molecule has 0 saturated carbocycles. The Kier molecular flexibility index (Phi) is 1.99. The van der Waals surface area contributed by atoms with E-state index >= 15 is 0 Å². The summed E-state index contributed by atoms with van der Waals surface area (Å²) in [7, 11) is 1.57. The first-order valence-electron chi connectivity index (χ1n) is 4.35. The lowest BCUT2D eigenvalue weighted by molar-refractivity contribution is 0.346. The molecule has 0 aliphatic heterocycles. The largest absolute Gasteiger partial charge is 0.499 e. The zero-order valence-electron chi connectivity index (χ0n) is 7.83. The maximum absolute atomic E-state index is 11.5. The van der Waals surface area contributed by atoms with Crippen molar-refractivity contribution in [1.29, 1.82) is 0 Å². The van der Waals surface area contributed by atoms with Crippen LogP contribution in [0.2, 0.25) is 0 Å². The molecule has 5 nitrogen and oxygen atoms in total. The van der Waals surface area contributed by atoms with Gasteiger partial charge >= 0.3 is 0 Å². The summed E-state index contributed by atoms with van der Waals surface area (Å²) in [5.74, 6) is 0.846. The molecule has 0 unspecified atom stereocenters. The standard InChI is InChI=1S/C9H11N3O2/c1-14-6-4-2-3-5-7(6)11-9(10)12-8(5)13/h3H,2,4H2,1H3,(H3,10,11,12,13). The third-order valence-electron chi connectivity index (χ3n) is 2.20. The third kappa shape index (κ3) is 1.26. The molecule has 2 rings (SSSR count). The summed E-state index contributed by atoms with van der Waals surface area (Å²) in [5.41, 5.74) is 5.24. The second-order valence-corrected chi connectivity index (χ2v) is 3.08. The maximum Gasteiger partial charge on any atom is 0.259 e. The Morgan fingerprint density at radius 1 is 1.64 bits per heavy atom. The first-order valence-corrected chi connectivity index (χ1v) is 4.35. The Labute approximate surface area is 79.9 Å². The molecule has 74 valence electrons. The number of hydrogen-bond donors (Lipinski definition) is 2. The van der Waals surface area contributed by atoms with Crippen LogP contribution in [0.5, 0.6) is 0 Å². The second kappa shape index (κ2) is 3.17. The fourth-order valence-corrected chi connectivity index (χ4v) is 1.57. The van der Waals surface area contributed by atoms with Crippen molar-refractivity contribution in [2.24, 2.45) is 0 Å². The molecular weight excluding hydrogens is 182 g/mol. The molecule has 1 aromatic heterocycles. The van der Waals surface area contributed by atoms with Gasteiger partial charge in [-0.1, -0.05) is 6.08 Å². The summed E-state index contributed by atoms with van der Waals surface area (Å²) >= 11 is 0. The zero-order chi connectivity index (χ0) is 10.1. The van der Waals surface area contributed by atoms with Crippen molar-refractivity contribution in [3.8, 4) is 0 Å². The van der Waals surface area contributed by atoms with Gasteiger partial charge in [0, 0.05) is 6.42 Å². The summed E-state index contributed by atoms with van der Waals surface area (Å²) in [6.07, 6.45) is 3.41. The first kappa shape index (κ1) is 8.80. The number of fused-ring (bicyclic) bond motifs is 1. The number of H-pyrrole nitrogens is 1. The summed E-state index contributed by atoms with van der Waals surface area (Å²) in [5, 5.41) is 1.13. The minimum atomic E-state index is -0.207. The lowest BCUT2D eigenvalue weighted by atomic mass is 10.1. The van der Waals surface area contributed by atoms with Crippen molar-refractivity contribution in [2.75, 3.05) is 12.8 Å². The topological polar surface area (TPSA) is 81.0 Å². The minimum absolute atomic E-state index is 0.124. The number of aromatic amines is 1. The van der Waals surface area contributed by atoms with Crippen LogP contribution in [0.1, 0.15) is 12.8 Å². The van der Waals surface area contributed by atoms with Gasteiger partial charge in [0.25, 0.3) is 5.56 Å². The number of rotatable bonds is 1. The number of nitrogens with two attached hydrogens (primary N) is 1. The van der Waals surface area contributed by atoms with Crippen LogP contribution >= 0.6 is 0 Å². The van der Waals surface area contributed by atoms with E-state index in [9.17, 15) is 4.79 Å². The van der Waals surface area contributed by atoms with E-state index in [0.29, 0.717) is 10.6 Å². The Morgan fingerprint density at radius 3 is 3.14 bits per heavy atom. The SMILES string of the molecule is COC1=c2nc(N)[nH]c(=O)c2=CCC1. The molecule has 5 heteroatoms. The highest BCUT2D eigenvalue weighted by Crippen LogP contribution is 2.06. The van der Waals surface area contributed by atoms with Gasteiger partial charge in [0.1, 0.15) is 11.1 Å². The monoisotopic (exact) mass is 193 g/mol. The van der Waals surface area contributed by atoms with Crippen LogP contribution in [-0.2, 0) is 4.74 Å². The average molecular weight is 193 g/mol. The summed E-state index contributed by atoms with van der Waals surface area (Å²) in [6.45, 7) is 0. The van der Waals surface area contributed by atoms with Gasteiger partial charge in [-0.15, -0.1) is 0 Å². The van der Waals surface area contributed by atoms with E-state index in [-0.39, 0.29) is 11.5 Å². The van der Waals surface area contributed by atoms with Crippen LogP contribution in [-0.4, -0.2) is 17.1 Å². The molecule has 1 aromatic rings. The van der Waals surface area contributed by atoms with Gasteiger partial charge in [-0.3, -0.25) is 9.78 Å². The lowest BCUT2D eigenvalue weighted by Gasteiger charge is -2.08. The molecule has 0 aromatic carbocycles. The van der Waals surface area contributed by atoms with Crippen LogP contribution in [0.25, 0.3) is 11.8 Å². The van der Waals surface area contributed by atoms with E-state index in [1.807, 2.05) is 6.08 Å². The van der Waals surface area contributed by atoms with E-state index in [2.05, 4.69) is 9.97 Å². The van der Waals surface area contributed by atoms with Crippen LogP contribution in [0.4, 0.5) is 5.95 Å². The smallest absolute Gasteiger partial charge is 0.259 e. The van der Waals surface area contributed by atoms with Gasteiger partial charge in [-0.05, 0) is 6.42 Å². The number of anilines is 1. The number of nitrogens with one attached hydrogen (secondary N) is 1. The maximum atomic E-state index is 11.5. The van der Waals surface area contributed by atoms with Crippen molar-refractivity contribution < 1.29 is 4.74 Å². The summed E-state index contributed by atoms with van der Waals surface area (Å²) < 4.78 is 5.15. The van der Waals surface area contributed by atoms with E-state index in [1.54, 1.807) is 7.11 Å². The number of hydrogen-bond acceptors (Lipinski definition) is 4. The predicted molar refractivity (Wildman–Crippen MR) is 52.6 cm³/mol. The Morgan fingerprint density at radius 2 is 2.43 bits per heavy atom. The fourth-order valence-electron chi connectivity index (χ4n) is 1.57. The molecule has 0 amide bonds. The van der Waals surface area contributed by atoms with Crippen molar-refractivity contribution in [3.05, 3.63) is 20.9 Å². The molecule has 3 N–H and O–H groups in total. The summed E-state index contributed by atoms with van der Waals surface area (Å²) in [4.78, 5) is 18.0. The highest BCUT2D eigenvalue weighted by molar-refractivity contribution is 5.43. The molecule has 0 radical (unpaired) electrons. The quantitative estimate of drug-likeness (QED) is 0.579. The second-order valence-electron chi connectivity index (χ2n) is 3.08. The Hall–Kier alpha value is -1.78. The highest BCUT2D eigenvalue weighted by Gasteiger charge is 2.08. The van der Waals surface area contributed by atoms with Gasteiger partial charge in [0.15, 0.2) is 0 Å². The molecule has 1 heterocycles. The van der Waals surface area contributed by atoms with Crippen LogP contribution < -0.4 is 21.9 Å². The zero-order valence-corrected chi connectivity index (χ0v) is 7.83. The van der Waals surface area contributed by atoms with Gasteiger partial charge < -0.3 is 10.5 Å². The third-order valence-corrected chi connectivity index (χ3v) is 2.20. The molecule has 0 saturated heterocycles. The van der Waals surface area contributed by atoms with Gasteiger partial charge in [-0.2, -0.15) is 0 Å². The number of aromatic nitrogens is 2. The summed E-state index contributed by atoms with van der Waals surface area (Å²) in [6, 6.07) is 0. The molecule has 0 atom stereocenters. The van der Waals surface area contributed by atoms with Crippen LogP contribution in [0.15, 0.2) is 4.79 Å². The molecular formula is C9H11N3O2. The van der Waals surface area contributed by atoms with Crippen LogP contribution in [0, 0.1) is 0 Å². The average Bonchev–Trinajstić information content (AvgIpc) is 2.17. The highest BCUT2D eigenvalue weighted by atomic mass is 16.5. The van der Waals surface area contributed by atoms with Crippen molar-refractivity contribution in [1.82, 2.24) is 9.97 Å². The molecule has 14 heavy (non-hydrogen) atoms. The van der Waals surface area contributed by atoms with Crippen LogP contribution in [0.3, 0.4) is 0 Å². The van der Waals surface area contributed by atoms with Crippen molar-refractivity contribution >= 4 is 17.8 Å². The van der Waals surface area contributed by atoms with Gasteiger partial charge in [0.05, 0.1) is 12.3 Å². The molecule has 1 aliphatic rings.